The standard InChI is InChI=1S/C15H26IN3O/c1-6-10-17-13-12(16)11(5)18-14(19-13)15(7-2,8-3)20-9-4/h6-10H2,1-5H3,(H,17,18,19). The van der Waals surface area contributed by atoms with Crippen LogP contribution in [-0.2, 0) is 10.3 Å². The molecule has 0 atom stereocenters. The first-order valence-electron chi connectivity index (χ1n) is 7.47. The van der Waals surface area contributed by atoms with Gasteiger partial charge in [-0.05, 0) is 55.7 Å². The number of nitrogens with zero attached hydrogens (tertiary/aromatic N) is 2. The second-order valence-corrected chi connectivity index (χ2v) is 5.94. The molecule has 0 fully saturated rings. The molecule has 1 heterocycles. The Labute approximate surface area is 136 Å². The van der Waals surface area contributed by atoms with Crippen LogP contribution < -0.4 is 5.32 Å². The van der Waals surface area contributed by atoms with E-state index in [0.29, 0.717) is 6.61 Å². The number of anilines is 1. The predicted octanol–water partition coefficient (Wildman–Crippen LogP) is 4.26. The Morgan fingerprint density at radius 3 is 2.30 bits per heavy atom. The van der Waals surface area contributed by atoms with Crippen molar-refractivity contribution < 1.29 is 4.74 Å². The third-order valence-electron chi connectivity index (χ3n) is 3.53. The normalized spacial score (nSPS) is 11.7. The van der Waals surface area contributed by atoms with Crippen LogP contribution in [0.1, 0.15) is 58.5 Å². The molecule has 0 aromatic carbocycles. The van der Waals surface area contributed by atoms with Crippen LogP contribution in [0, 0.1) is 10.5 Å². The second-order valence-electron chi connectivity index (χ2n) is 4.86. The van der Waals surface area contributed by atoms with E-state index in [4.69, 9.17) is 14.7 Å². The largest absolute Gasteiger partial charge is 0.369 e. The van der Waals surface area contributed by atoms with Crippen LogP contribution in [-0.4, -0.2) is 23.1 Å². The van der Waals surface area contributed by atoms with Crippen LogP contribution in [0.4, 0.5) is 5.82 Å². The van der Waals surface area contributed by atoms with E-state index in [2.05, 4.69) is 48.7 Å². The Balaban J connectivity index is 3.25. The lowest BCUT2D eigenvalue weighted by molar-refractivity contribution is -0.0571. The summed E-state index contributed by atoms with van der Waals surface area (Å²) in [7, 11) is 0. The van der Waals surface area contributed by atoms with Crippen LogP contribution >= 0.6 is 22.6 Å². The smallest absolute Gasteiger partial charge is 0.162 e. The van der Waals surface area contributed by atoms with Crippen LogP contribution in [0.5, 0.6) is 0 Å². The van der Waals surface area contributed by atoms with Crippen molar-refractivity contribution in [3.63, 3.8) is 0 Å². The monoisotopic (exact) mass is 391 g/mol. The van der Waals surface area contributed by atoms with Gasteiger partial charge in [-0.15, -0.1) is 0 Å². The molecular formula is C15H26IN3O. The number of aromatic nitrogens is 2. The molecule has 0 amide bonds. The third-order valence-corrected chi connectivity index (χ3v) is 4.82. The van der Waals surface area contributed by atoms with E-state index in [-0.39, 0.29) is 5.60 Å². The van der Waals surface area contributed by atoms with Gasteiger partial charge in [0.1, 0.15) is 11.4 Å². The lowest BCUT2D eigenvalue weighted by Gasteiger charge is -2.30. The van der Waals surface area contributed by atoms with Gasteiger partial charge in [0.2, 0.25) is 0 Å². The van der Waals surface area contributed by atoms with Crippen molar-refractivity contribution in [2.75, 3.05) is 18.5 Å². The minimum absolute atomic E-state index is 0.369. The SMILES string of the molecule is CCCNc1nc(C(CC)(CC)OCC)nc(C)c1I. The highest BCUT2D eigenvalue weighted by atomic mass is 127. The summed E-state index contributed by atoms with van der Waals surface area (Å²) in [5.41, 5.74) is 0.645. The maximum absolute atomic E-state index is 6.01. The first-order chi connectivity index (χ1) is 9.54. The molecule has 0 spiro atoms. The summed E-state index contributed by atoms with van der Waals surface area (Å²) in [6, 6.07) is 0. The topological polar surface area (TPSA) is 47.0 Å². The maximum atomic E-state index is 6.01. The summed E-state index contributed by atoms with van der Waals surface area (Å²) in [4.78, 5) is 9.44. The molecule has 1 rings (SSSR count). The molecule has 1 aromatic rings. The van der Waals surface area contributed by atoms with E-state index in [1.54, 1.807) is 0 Å². The van der Waals surface area contributed by atoms with Gasteiger partial charge in [0.15, 0.2) is 5.82 Å². The third kappa shape index (κ3) is 3.81. The molecule has 0 aliphatic rings. The van der Waals surface area contributed by atoms with Gasteiger partial charge >= 0.3 is 0 Å². The summed E-state index contributed by atoms with van der Waals surface area (Å²) < 4.78 is 7.11. The highest BCUT2D eigenvalue weighted by molar-refractivity contribution is 14.1. The van der Waals surface area contributed by atoms with Gasteiger partial charge in [-0.2, -0.15) is 0 Å². The minimum atomic E-state index is -0.369. The zero-order chi connectivity index (χ0) is 15.2. The van der Waals surface area contributed by atoms with E-state index in [1.165, 1.54) is 0 Å². The number of nitrogens with one attached hydrogen (secondary N) is 1. The molecule has 114 valence electrons. The van der Waals surface area contributed by atoms with Crippen LogP contribution in [0.2, 0.25) is 0 Å². The number of hydrogen-bond acceptors (Lipinski definition) is 4. The van der Waals surface area contributed by atoms with E-state index < -0.39 is 0 Å². The van der Waals surface area contributed by atoms with Crippen molar-refractivity contribution in [3.8, 4) is 0 Å². The van der Waals surface area contributed by atoms with Gasteiger partial charge in [-0.3, -0.25) is 0 Å². The fourth-order valence-electron chi connectivity index (χ4n) is 2.23. The van der Waals surface area contributed by atoms with Crippen molar-refractivity contribution in [3.05, 3.63) is 15.1 Å². The Hall–Kier alpha value is -0.430. The van der Waals surface area contributed by atoms with Gasteiger partial charge in [0.25, 0.3) is 0 Å². The molecule has 0 aliphatic heterocycles. The average Bonchev–Trinajstić information content (AvgIpc) is 2.46. The zero-order valence-corrected chi connectivity index (χ0v) is 15.4. The molecule has 0 aliphatic carbocycles. The summed E-state index contributed by atoms with van der Waals surface area (Å²) >= 11 is 2.31. The fourth-order valence-corrected chi connectivity index (χ4v) is 2.67. The van der Waals surface area contributed by atoms with Gasteiger partial charge in [-0.1, -0.05) is 20.8 Å². The Morgan fingerprint density at radius 2 is 1.80 bits per heavy atom. The van der Waals surface area contributed by atoms with Crippen molar-refractivity contribution in [1.82, 2.24) is 9.97 Å². The van der Waals surface area contributed by atoms with Gasteiger partial charge in [0, 0.05) is 13.2 Å². The molecule has 4 nitrogen and oxygen atoms in total. The fraction of sp³-hybridized carbons (Fsp3) is 0.733. The highest BCUT2D eigenvalue weighted by Crippen LogP contribution is 2.32. The minimum Gasteiger partial charge on any atom is -0.369 e. The summed E-state index contributed by atoms with van der Waals surface area (Å²) in [6.07, 6.45) is 2.84. The number of rotatable bonds is 8. The maximum Gasteiger partial charge on any atom is 0.162 e. The predicted molar refractivity (Wildman–Crippen MR) is 92.2 cm³/mol. The summed E-state index contributed by atoms with van der Waals surface area (Å²) in [6.45, 7) is 12.1. The molecule has 0 saturated carbocycles. The molecule has 0 bridgehead atoms. The average molecular weight is 391 g/mol. The first-order valence-corrected chi connectivity index (χ1v) is 8.54. The Bertz CT molecular complexity index is 433. The van der Waals surface area contributed by atoms with E-state index >= 15 is 0 Å². The van der Waals surface area contributed by atoms with Crippen molar-refractivity contribution in [2.24, 2.45) is 0 Å². The highest BCUT2D eigenvalue weighted by Gasteiger charge is 2.33. The number of hydrogen-bond donors (Lipinski definition) is 1. The van der Waals surface area contributed by atoms with Crippen molar-refractivity contribution in [2.45, 2.75) is 59.5 Å². The van der Waals surface area contributed by atoms with Gasteiger partial charge in [0.05, 0.1) is 9.26 Å². The molecular weight excluding hydrogens is 365 g/mol. The summed E-state index contributed by atoms with van der Waals surface area (Å²) in [5, 5.41) is 3.39. The van der Waals surface area contributed by atoms with E-state index in [9.17, 15) is 0 Å². The van der Waals surface area contributed by atoms with Crippen molar-refractivity contribution in [1.29, 1.82) is 0 Å². The molecule has 5 heteroatoms. The van der Waals surface area contributed by atoms with Crippen LogP contribution in [0.25, 0.3) is 0 Å². The van der Waals surface area contributed by atoms with Crippen molar-refractivity contribution >= 4 is 28.4 Å². The molecule has 0 unspecified atom stereocenters. The van der Waals surface area contributed by atoms with E-state index in [0.717, 1.165) is 46.7 Å². The van der Waals surface area contributed by atoms with Gasteiger partial charge < -0.3 is 10.1 Å². The van der Waals surface area contributed by atoms with E-state index in [1.807, 2.05) is 13.8 Å². The molecule has 0 radical (unpaired) electrons. The van der Waals surface area contributed by atoms with Crippen LogP contribution in [0.15, 0.2) is 0 Å². The molecule has 1 aromatic heterocycles. The second kappa shape index (κ2) is 8.12. The molecule has 1 N–H and O–H groups in total. The summed E-state index contributed by atoms with van der Waals surface area (Å²) in [5.74, 6) is 1.74. The van der Waals surface area contributed by atoms with Gasteiger partial charge in [-0.25, -0.2) is 9.97 Å². The molecule has 20 heavy (non-hydrogen) atoms. The first kappa shape index (κ1) is 17.6. The number of halogens is 1. The Kier molecular flexibility index (Phi) is 7.15. The lowest BCUT2D eigenvalue weighted by Crippen LogP contribution is -2.31. The Morgan fingerprint density at radius 1 is 1.15 bits per heavy atom. The van der Waals surface area contributed by atoms with Crippen LogP contribution in [0.3, 0.4) is 0 Å². The number of ether oxygens (including phenoxy) is 1. The zero-order valence-electron chi connectivity index (χ0n) is 13.2. The molecule has 0 saturated heterocycles. The lowest BCUT2D eigenvalue weighted by atomic mass is 9.95. The quantitative estimate of drug-likeness (QED) is 0.673. The number of aryl methyl sites for hydroxylation is 1.